The topological polar surface area (TPSA) is 123 Å². The van der Waals surface area contributed by atoms with Gasteiger partial charge in [-0.15, -0.1) is 0 Å². The van der Waals surface area contributed by atoms with Crippen LogP contribution in [0.1, 0.15) is 25.3 Å². The van der Waals surface area contributed by atoms with Crippen molar-refractivity contribution in [1.29, 1.82) is 0 Å². The van der Waals surface area contributed by atoms with Crippen molar-refractivity contribution in [3.05, 3.63) is 36.2 Å². The maximum atomic E-state index is 13.1. The molecule has 184 valence electrons. The van der Waals surface area contributed by atoms with Gasteiger partial charge < -0.3 is 15.2 Å². The summed E-state index contributed by atoms with van der Waals surface area (Å²) >= 11 is 0. The number of nitrogens with one attached hydrogen (secondary N) is 2. The fourth-order valence-corrected chi connectivity index (χ4v) is 4.86. The Morgan fingerprint density at radius 3 is 2.63 bits per heavy atom. The molecule has 4 aromatic heterocycles. The van der Waals surface area contributed by atoms with Crippen molar-refractivity contribution in [2.45, 2.75) is 37.0 Å². The molecule has 0 aromatic carbocycles. The smallest absolute Gasteiger partial charge is 0.335 e. The molecule has 5 rings (SSSR count). The Morgan fingerprint density at radius 1 is 1.23 bits per heavy atom. The Bertz CT molecular complexity index is 1590. The number of pyridine rings is 2. The van der Waals surface area contributed by atoms with E-state index in [0.717, 1.165) is 18.9 Å². The summed E-state index contributed by atoms with van der Waals surface area (Å²) in [6.07, 6.45) is -0.596. The van der Waals surface area contributed by atoms with Crippen LogP contribution in [0.25, 0.3) is 28.3 Å². The predicted molar refractivity (Wildman–Crippen MR) is 121 cm³/mol. The van der Waals surface area contributed by atoms with Crippen molar-refractivity contribution < 1.29 is 26.4 Å². The lowest BCUT2D eigenvalue weighted by atomic mass is 10.2. The van der Waals surface area contributed by atoms with Gasteiger partial charge in [-0.2, -0.15) is 13.2 Å². The summed E-state index contributed by atoms with van der Waals surface area (Å²) in [5.74, 6) is -0.193. The van der Waals surface area contributed by atoms with Crippen LogP contribution in [0.5, 0.6) is 0 Å². The predicted octanol–water partition coefficient (Wildman–Crippen LogP) is 3.38. The fourth-order valence-electron chi connectivity index (χ4n) is 3.70. The molecule has 4 heterocycles. The van der Waals surface area contributed by atoms with Gasteiger partial charge in [0.15, 0.2) is 26.3 Å². The summed E-state index contributed by atoms with van der Waals surface area (Å²) in [5.41, 5.74) is -0.287. The minimum Gasteiger partial charge on any atom is -0.335 e. The molecule has 0 unspecified atom stereocenters. The SMILES string of the molecule is CCS(=O)(=O)c1c(-c2nc3cc(C(F)(F)F)cnc3n2C)nc2cc(NC(=O)NC3CC3)ccn12. The number of amides is 2. The third-order valence-electron chi connectivity index (χ3n) is 5.68. The molecule has 14 heteroatoms. The summed E-state index contributed by atoms with van der Waals surface area (Å²) in [4.78, 5) is 24.7. The molecule has 1 fully saturated rings. The first-order valence-electron chi connectivity index (χ1n) is 10.7. The Morgan fingerprint density at radius 2 is 1.97 bits per heavy atom. The number of hydrogen-bond donors (Lipinski definition) is 2. The number of carbonyl (C=O) groups is 1. The Hall–Kier alpha value is -3.68. The van der Waals surface area contributed by atoms with Gasteiger partial charge in [-0.05, 0) is 25.0 Å². The van der Waals surface area contributed by atoms with Crippen LogP contribution in [0.3, 0.4) is 0 Å². The van der Waals surface area contributed by atoms with E-state index in [2.05, 4.69) is 25.6 Å². The largest absolute Gasteiger partial charge is 0.417 e. The normalized spacial score (nSPS) is 14.5. The number of anilines is 1. The van der Waals surface area contributed by atoms with E-state index in [9.17, 15) is 26.4 Å². The number of fused-ring (bicyclic) bond motifs is 2. The number of urea groups is 1. The molecule has 0 radical (unpaired) electrons. The highest BCUT2D eigenvalue weighted by Gasteiger charge is 2.33. The van der Waals surface area contributed by atoms with Gasteiger partial charge in [0.2, 0.25) is 0 Å². The fraction of sp³-hybridized carbons (Fsp3) is 0.333. The Balaban J connectivity index is 1.65. The van der Waals surface area contributed by atoms with Gasteiger partial charge in [0, 0.05) is 37.2 Å². The average Bonchev–Trinajstić information content (AvgIpc) is 3.42. The van der Waals surface area contributed by atoms with E-state index in [0.29, 0.717) is 11.9 Å². The molecule has 0 atom stereocenters. The molecule has 2 N–H and O–H groups in total. The summed E-state index contributed by atoms with van der Waals surface area (Å²) in [5, 5.41) is 5.33. The summed E-state index contributed by atoms with van der Waals surface area (Å²) < 4.78 is 68.3. The number of carbonyl (C=O) groups excluding carboxylic acids is 1. The minimum absolute atomic E-state index is 0.0273. The third-order valence-corrected chi connectivity index (χ3v) is 7.41. The van der Waals surface area contributed by atoms with Crippen LogP contribution < -0.4 is 10.6 Å². The van der Waals surface area contributed by atoms with Crippen LogP contribution in [-0.4, -0.2) is 50.2 Å². The van der Waals surface area contributed by atoms with E-state index < -0.39 is 21.6 Å². The number of rotatable bonds is 5. The Kier molecular flexibility index (Phi) is 5.23. The number of aryl methyl sites for hydroxylation is 1. The lowest BCUT2D eigenvalue weighted by Gasteiger charge is -2.08. The van der Waals surface area contributed by atoms with Crippen molar-refractivity contribution >= 4 is 38.4 Å². The van der Waals surface area contributed by atoms with Crippen LogP contribution in [0.15, 0.2) is 35.6 Å². The van der Waals surface area contributed by atoms with Crippen LogP contribution >= 0.6 is 0 Å². The van der Waals surface area contributed by atoms with E-state index in [1.54, 1.807) is 0 Å². The van der Waals surface area contributed by atoms with Crippen LogP contribution in [-0.2, 0) is 23.1 Å². The average molecular weight is 507 g/mol. The van der Waals surface area contributed by atoms with E-state index in [1.807, 2.05) is 0 Å². The number of alkyl halides is 3. The third kappa shape index (κ3) is 4.17. The van der Waals surface area contributed by atoms with Gasteiger partial charge in [-0.3, -0.25) is 4.40 Å². The van der Waals surface area contributed by atoms with E-state index in [-0.39, 0.29) is 51.2 Å². The van der Waals surface area contributed by atoms with Crippen molar-refractivity contribution in [2.75, 3.05) is 11.1 Å². The van der Waals surface area contributed by atoms with Crippen molar-refractivity contribution in [2.24, 2.45) is 7.05 Å². The molecule has 1 aliphatic rings. The number of halogens is 3. The maximum absolute atomic E-state index is 13.1. The highest BCUT2D eigenvalue weighted by molar-refractivity contribution is 7.91. The van der Waals surface area contributed by atoms with Crippen molar-refractivity contribution in [1.82, 2.24) is 29.2 Å². The zero-order valence-electron chi connectivity index (χ0n) is 18.6. The molecular weight excluding hydrogens is 487 g/mol. The molecule has 1 saturated carbocycles. The highest BCUT2D eigenvalue weighted by Crippen LogP contribution is 2.34. The van der Waals surface area contributed by atoms with Gasteiger partial charge in [-0.1, -0.05) is 6.92 Å². The highest BCUT2D eigenvalue weighted by atomic mass is 32.2. The summed E-state index contributed by atoms with van der Waals surface area (Å²) in [7, 11) is -2.32. The van der Waals surface area contributed by atoms with Gasteiger partial charge in [0.1, 0.15) is 16.9 Å². The van der Waals surface area contributed by atoms with Gasteiger partial charge in [-0.25, -0.2) is 28.2 Å². The first-order valence-corrected chi connectivity index (χ1v) is 12.4. The lowest BCUT2D eigenvalue weighted by Crippen LogP contribution is -2.30. The quantitative estimate of drug-likeness (QED) is 0.427. The minimum atomic E-state index is -4.60. The van der Waals surface area contributed by atoms with Crippen LogP contribution in [0.4, 0.5) is 23.7 Å². The lowest BCUT2D eigenvalue weighted by molar-refractivity contribution is -0.137. The molecule has 2 amide bonds. The second kappa shape index (κ2) is 7.93. The van der Waals surface area contributed by atoms with Crippen molar-refractivity contribution in [3.63, 3.8) is 0 Å². The molecular formula is C21H20F3N7O3S. The van der Waals surface area contributed by atoms with E-state index in [1.165, 1.54) is 41.3 Å². The van der Waals surface area contributed by atoms with E-state index in [4.69, 9.17) is 0 Å². The molecule has 0 aliphatic heterocycles. The second-order valence-corrected chi connectivity index (χ2v) is 10.4. The van der Waals surface area contributed by atoms with Crippen molar-refractivity contribution in [3.8, 4) is 11.5 Å². The van der Waals surface area contributed by atoms with E-state index >= 15 is 0 Å². The maximum Gasteiger partial charge on any atom is 0.417 e. The van der Waals surface area contributed by atoms with Crippen LogP contribution in [0, 0.1) is 0 Å². The van der Waals surface area contributed by atoms with Crippen LogP contribution in [0.2, 0.25) is 0 Å². The standard InChI is InChI=1S/C21H20F3N7O3S/c1-3-35(33,34)19-16(18-28-14-8-11(21(22,23)24)10-25-17(14)30(18)2)29-15-9-13(6-7-31(15)19)27-20(32)26-12-4-5-12/h6-10,12H,3-5H2,1-2H3,(H2,26,27,32). The Labute approximate surface area is 197 Å². The zero-order chi connectivity index (χ0) is 25.1. The number of imidazole rings is 2. The number of nitrogens with zero attached hydrogens (tertiary/aromatic N) is 5. The zero-order valence-corrected chi connectivity index (χ0v) is 19.4. The van der Waals surface area contributed by atoms with Gasteiger partial charge in [0.05, 0.1) is 11.3 Å². The summed E-state index contributed by atoms with van der Waals surface area (Å²) in [6, 6.07) is 3.67. The molecule has 0 spiro atoms. The van der Waals surface area contributed by atoms with Gasteiger partial charge >= 0.3 is 12.2 Å². The number of hydrogen-bond acceptors (Lipinski definition) is 6. The molecule has 0 saturated heterocycles. The molecule has 4 aromatic rings. The molecule has 0 bridgehead atoms. The molecule has 10 nitrogen and oxygen atoms in total. The summed E-state index contributed by atoms with van der Waals surface area (Å²) in [6.45, 7) is 1.47. The number of sulfone groups is 1. The first-order chi connectivity index (χ1) is 16.5. The first kappa shape index (κ1) is 23.1. The second-order valence-electron chi connectivity index (χ2n) is 8.24. The monoisotopic (exact) mass is 507 g/mol. The van der Waals surface area contributed by atoms with Gasteiger partial charge in [0.25, 0.3) is 0 Å². The number of aromatic nitrogens is 5. The molecule has 1 aliphatic carbocycles. The molecule has 35 heavy (non-hydrogen) atoms.